The van der Waals surface area contributed by atoms with Crippen LogP contribution in [0.15, 0.2) is 126 Å². The zero-order valence-corrected chi connectivity index (χ0v) is 24.7. The third kappa shape index (κ3) is 4.49. The molecule has 4 heteroatoms. The summed E-state index contributed by atoms with van der Waals surface area (Å²) < 4.78 is 6.19. The average Bonchev–Trinajstić information content (AvgIpc) is 3.51. The Morgan fingerprint density at radius 3 is 2.24 bits per heavy atom. The van der Waals surface area contributed by atoms with Crippen molar-refractivity contribution in [3.63, 3.8) is 0 Å². The van der Waals surface area contributed by atoms with Crippen LogP contribution in [0.4, 0.5) is 0 Å². The molecule has 0 N–H and O–H groups in total. The molecule has 0 amide bonds. The Balaban J connectivity index is 1.17. The van der Waals surface area contributed by atoms with E-state index in [9.17, 15) is 0 Å². The van der Waals surface area contributed by atoms with Crippen LogP contribution in [0.1, 0.15) is 40.4 Å². The maximum Gasteiger partial charge on any atom is 0.163 e. The molecule has 2 aliphatic carbocycles. The van der Waals surface area contributed by atoms with Crippen LogP contribution in [0.25, 0.3) is 68.0 Å². The van der Waals surface area contributed by atoms with Gasteiger partial charge in [0.05, 0.1) is 0 Å². The Morgan fingerprint density at radius 1 is 0.600 bits per heavy atom. The van der Waals surface area contributed by atoms with E-state index in [1.165, 1.54) is 22.3 Å². The zero-order valence-electron chi connectivity index (χ0n) is 24.7. The topological polar surface area (TPSA) is 51.8 Å². The summed E-state index contributed by atoms with van der Waals surface area (Å²) in [4.78, 5) is 15.3. The first-order valence-corrected chi connectivity index (χ1v) is 15.6. The number of para-hydroxylation sites is 1. The van der Waals surface area contributed by atoms with Crippen molar-refractivity contribution in [3.8, 4) is 33.9 Å². The molecule has 2 aromatic heterocycles. The Hall–Kier alpha value is -5.61. The van der Waals surface area contributed by atoms with Gasteiger partial charge in [-0.1, -0.05) is 115 Å². The third-order valence-corrected chi connectivity index (χ3v) is 9.14. The van der Waals surface area contributed by atoms with Crippen LogP contribution < -0.4 is 0 Å². The van der Waals surface area contributed by atoms with E-state index in [2.05, 4.69) is 97.1 Å². The van der Waals surface area contributed by atoms with Crippen molar-refractivity contribution in [2.45, 2.75) is 25.2 Å². The number of furan rings is 1. The maximum absolute atomic E-state index is 6.19. The van der Waals surface area contributed by atoms with E-state index in [0.29, 0.717) is 11.6 Å². The molecule has 0 radical (unpaired) electrons. The van der Waals surface area contributed by atoms with E-state index in [0.717, 1.165) is 69.3 Å². The van der Waals surface area contributed by atoms with Crippen molar-refractivity contribution in [2.24, 2.45) is 0 Å². The standard InChI is InChI=1S/C41H29N3O/c1-2-11-28(12-3-1)39-42-40(44-41(43-39)31-23-22-27-21-20-26-10-4-5-15-32(26)35(27)25-31)30-14-8-13-29(24-30)33-17-9-19-37-38(33)34-16-6-7-18-36(34)45-37/h1-4,6-14,16-24,31H,5,15,25H2. The molecule has 5 aromatic carbocycles. The molecule has 0 bridgehead atoms. The van der Waals surface area contributed by atoms with Gasteiger partial charge >= 0.3 is 0 Å². The summed E-state index contributed by atoms with van der Waals surface area (Å²) in [6.07, 6.45) is 12.1. The summed E-state index contributed by atoms with van der Waals surface area (Å²) in [5.41, 5.74) is 11.5. The number of fused-ring (bicyclic) bond motifs is 6. The molecule has 0 spiro atoms. The first kappa shape index (κ1) is 25.8. The van der Waals surface area contributed by atoms with E-state index < -0.39 is 0 Å². The van der Waals surface area contributed by atoms with Gasteiger partial charge in [-0.25, -0.2) is 15.0 Å². The summed E-state index contributed by atoms with van der Waals surface area (Å²) in [7, 11) is 0. The van der Waals surface area contributed by atoms with Crippen LogP contribution in [0.3, 0.4) is 0 Å². The highest BCUT2D eigenvalue weighted by Gasteiger charge is 2.24. The zero-order chi connectivity index (χ0) is 29.7. The van der Waals surface area contributed by atoms with Gasteiger partial charge in [0.25, 0.3) is 0 Å². The molecule has 0 fully saturated rings. The number of hydrogen-bond acceptors (Lipinski definition) is 4. The van der Waals surface area contributed by atoms with Gasteiger partial charge in [0.1, 0.15) is 17.0 Å². The molecule has 7 aromatic rings. The van der Waals surface area contributed by atoms with Crippen LogP contribution in [-0.4, -0.2) is 15.0 Å². The fraction of sp³-hybridized carbons (Fsp3) is 0.0976. The molecule has 214 valence electrons. The van der Waals surface area contributed by atoms with Crippen LogP contribution in [0, 0.1) is 0 Å². The Kier molecular flexibility index (Phi) is 6.05. The van der Waals surface area contributed by atoms with E-state index in [1.54, 1.807) is 0 Å². The van der Waals surface area contributed by atoms with Gasteiger partial charge < -0.3 is 4.42 Å². The lowest BCUT2D eigenvalue weighted by atomic mass is 9.81. The summed E-state index contributed by atoms with van der Waals surface area (Å²) in [5, 5.41) is 2.24. The van der Waals surface area contributed by atoms with Crippen molar-refractivity contribution in [1.82, 2.24) is 15.0 Å². The van der Waals surface area contributed by atoms with Crippen LogP contribution in [0.5, 0.6) is 0 Å². The van der Waals surface area contributed by atoms with Gasteiger partial charge in [0.2, 0.25) is 0 Å². The highest BCUT2D eigenvalue weighted by molar-refractivity contribution is 6.12. The molecule has 1 unspecified atom stereocenters. The molecule has 2 heterocycles. The second-order valence-electron chi connectivity index (χ2n) is 11.9. The SMILES string of the molecule is C1=Cc2ccc3c(c2CC1)CC(c1nc(-c2ccccc2)nc(-c2cccc(-c4cccc5oc6ccccc6c45)c2)n1)C=C3. The second kappa shape index (κ2) is 10.5. The molecule has 0 aliphatic heterocycles. The summed E-state index contributed by atoms with van der Waals surface area (Å²) >= 11 is 0. The van der Waals surface area contributed by atoms with Gasteiger partial charge in [-0.05, 0) is 70.8 Å². The Morgan fingerprint density at radius 2 is 1.33 bits per heavy atom. The summed E-state index contributed by atoms with van der Waals surface area (Å²) in [6.45, 7) is 0. The first-order valence-electron chi connectivity index (χ1n) is 15.6. The molecule has 45 heavy (non-hydrogen) atoms. The van der Waals surface area contributed by atoms with E-state index in [1.807, 2.05) is 36.4 Å². The van der Waals surface area contributed by atoms with Gasteiger partial charge in [-0.2, -0.15) is 0 Å². The number of allylic oxidation sites excluding steroid dienone is 2. The molecular weight excluding hydrogens is 550 g/mol. The number of benzene rings is 5. The van der Waals surface area contributed by atoms with Gasteiger partial charge in [0, 0.05) is 27.8 Å². The molecule has 0 saturated carbocycles. The number of nitrogens with zero attached hydrogens (tertiary/aromatic N) is 3. The van der Waals surface area contributed by atoms with E-state index in [-0.39, 0.29) is 5.92 Å². The molecular formula is C41H29N3O. The predicted octanol–water partition coefficient (Wildman–Crippen LogP) is 10.1. The molecule has 4 nitrogen and oxygen atoms in total. The van der Waals surface area contributed by atoms with Gasteiger partial charge in [-0.3, -0.25) is 0 Å². The Labute approximate surface area is 261 Å². The molecule has 9 rings (SSSR count). The van der Waals surface area contributed by atoms with Crippen LogP contribution in [-0.2, 0) is 12.8 Å². The largest absolute Gasteiger partial charge is 0.456 e. The lowest BCUT2D eigenvalue weighted by molar-refractivity contribution is 0.669. The van der Waals surface area contributed by atoms with Crippen molar-refractivity contribution >= 4 is 34.1 Å². The van der Waals surface area contributed by atoms with E-state index >= 15 is 0 Å². The third-order valence-electron chi connectivity index (χ3n) is 9.14. The van der Waals surface area contributed by atoms with Crippen LogP contribution >= 0.6 is 0 Å². The maximum atomic E-state index is 6.19. The van der Waals surface area contributed by atoms with Crippen molar-refractivity contribution in [1.29, 1.82) is 0 Å². The summed E-state index contributed by atoms with van der Waals surface area (Å²) in [5.74, 6) is 2.25. The molecule has 1 atom stereocenters. The number of aromatic nitrogens is 3. The quantitative estimate of drug-likeness (QED) is 0.208. The minimum absolute atomic E-state index is 0.0633. The van der Waals surface area contributed by atoms with Crippen molar-refractivity contribution in [2.75, 3.05) is 0 Å². The lowest BCUT2D eigenvalue weighted by Crippen LogP contribution is -2.14. The number of hydrogen-bond donors (Lipinski definition) is 0. The second-order valence-corrected chi connectivity index (χ2v) is 11.9. The highest BCUT2D eigenvalue weighted by Crippen LogP contribution is 2.39. The van der Waals surface area contributed by atoms with E-state index in [4.69, 9.17) is 19.4 Å². The van der Waals surface area contributed by atoms with Crippen molar-refractivity contribution < 1.29 is 4.42 Å². The molecule has 2 aliphatic rings. The fourth-order valence-corrected chi connectivity index (χ4v) is 6.95. The fourth-order valence-electron chi connectivity index (χ4n) is 6.95. The highest BCUT2D eigenvalue weighted by atomic mass is 16.3. The average molecular weight is 580 g/mol. The minimum Gasteiger partial charge on any atom is -0.456 e. The Bertz CT molecular complexity index is 2310. The minimum atomic E-state index is 0.0633. The number of rotatable bonds is 4. The van der Waals surface area contributed by atoms with Crippen LogP contribution in [0.2, 0.25) is 0 Å². The summed E-state index contributed by atoms with van der Waals surface area (Å²) in [6, 6.07) is 37.8. The first-order chi connectivity index (χ1) is 22.3. The molecule has 0 saturated heterocycles. The van der Waals surface area contributed by atoms with Crippen molar-refractivity contribution in [3.05, 3.63) is 149 Å². The van der Waals surface area contributed by atoms with Gasteiger partial charge in [0.15, 0.2) is 11.6 Å². The predicted molar refractivity (Wildman–Crippen MR) is 183 cm³/mol. The monoisotopic (exact) mass is 579 g/mol. The van der Waals surface area contributed by atoms with Gasteiger partial charge in [-0.15, -0.1) is 0 Å². The smallest absolute Gasteiger partial charge is 0.163 e. The lowest BCUT2D eigenvalue weighted by Gasteiger charge is -2.24. The normalized spacial score (nSPS) is 15.3.